The number of hydrogen-bond acceptors (Lipinski definition) is 4. The van der Waals surface area contributed by atoms with E-state index in [2.05, 4.69) is 39.6 Å². The van der Waals surface area contributed by atoms with Crippen molar-refractivity contribution < 1.29 is 12.3 Å². The Morgan fingerprint density at radius 2 is 1.06 bits per heavy atom. The zero-order valence-corrected chi connectivity index (χ0v) is 15.8. The summed E-state index contributed by atoms with van der Waals surface area (Å²) in [7, 11) is -4.35. The quantitative estimate of drug-likeness (QED) is 0.765. The predicted molar refractivity (Wildman–Crippen MR) is 82.0 cm³/mol. The van der Waals surface area contributed by atoms with E-state index in [1.54, 1.807) is 0 Å². The highest BCUT2D eigenvalue weighted by Crippen LogP contribution is 2.38. The van der Waals surface area contributed by atoms with Gasteiger partial charge < -0.3 is 12.3 Å². The fourth-order valence-corrected chi connectivity index (χ4v) is 19.6. The summed E-state index contributed by atoms with van der Waals surface area (Å²) in [5.74, 6) is 0. The third-order valence-electron chi connectivity index (χ3n) is 4.07. The molecule has 18 heavy (non-hydrogen) atoms. The van der Waals surface area contributed by atoms with Crippen LogP contribution in [0, 0.1) is 0 Å². The summed E-state index contributed by atoms with van der Waals surface area (Å²) < 4.78 is 19.5. The van der Waals surface area contributed by atoms with E-state index in [1.807, 2.05) is 7.05 Å². The molecule has 0 saturated carbocycles. The number of nitrogens with one attached hydrogen (secondary N) is 1. The third-order valence-corrected chi connectivity index (χ3v) is 18.7. The van der Waals surface area contributed by atoms with Crippen molar-refractivity contribution in [2.45, 2.75) is 64.8 Å². The molecule has 0 spiro atoms. The molecule has 0 radical (unpaired) electrons. The van der Waals surface area contributed by atoms with Crippen LogP contribution in [-0.2, 0) is 12.3 Å². The third kappa shape index (κ3) is 2.97. The summed E-state index contributed by atoms with van der Waals surface area (Å²) in [5, 5.41) is 0. The molecule has 1 fully saturated rings. The Kier molecular flexibility index (Phi) is 5.78. The minimum absolute atomic E-state index is 0.955. The molecule has 0 atom stereocenters. The molecule has 1 rings (SSSR count). The molecule has 0 aromatic carbocycles. The Hall–Kier alpha value is 0.491. The fraction of sp³-hybridized carbons (Fsp3) is 1.00. The molecule has 4 nitrogen and oxygen atoms in total. The maximum absolute atomic E-state index is 6.55. The van der Waals surface area contributed by atoms with E-state index in [-0.39, 0.29) is 0 Å². The molecule has 0 aromatic heterocycles. The van der Waals surface area contributed by atoms with Crippen molar-refractivity contribution in [2.75, 3.05) is 7.05 Å². The largest absolute Gasteiger partial charge is 0.415 e. The summed E-state index contributed by atoms with van der Waals surface area (Å²) in [6.45, 7) is 11.0. The van der Waals surface area contributed by atoms with Gasteiger partial charge in [0.2, 0.25) is 0 Å². The average molecular weight is 308 g/mol. The van der Waals surface area contributed by atoms with E-state index >= 15 is 0 Å². The van der Waals surface area contributed by atoms with Crippen LogP contribution in [0.15, 0.2) is 0 Å². The highest BCUT2D eigenvalue weighted by atomic mass is 28.5. The van der Waals surface area contributed by atoms with Crippen molar-refractivity contribution in [1.29, 1.82) is 0 Å². The summed E-state index contributed by atoms with van der Waals surface area (Å²) in [5.41, 5.74) is 0. The molecule has 0 aliphatic carbocycles. The van der Waals surface area contributed by atoms with Gasteiger partial charge in [-0.3, -0.25) is 4.98 Å². The van der Waals surface area contributed by atoms with Gasteiger partial charge in [0.05, 0.1) is 0 Å². The number of rotatable bonds is 6. The molecule has 1 aliphatic rings. The smallest absolute Gasteiger partial charge is 0.406 e. The maximum Gasteiger partial charge on any atom is 0.406 e. The van der Waals surface area contributed by atoms with Gasteiger partial charge in [-0.1, -0.05) is 34.6 Å². The van der Waals surface area contributed by atoms with Gasteiger partial charge in [-0.25, -0.2) is 0 Å². The van der Waals surface area contributed by atoms with Gasteiger partial charge in [-0.2, -0.15) is 0 Å². The van der Waals surface area contributed by atoms with E-state index in [1.165, 1.54) is 0 Å². The zero-order chi connectivity index (χ0) is 13.9. The highest BCUT2D eigenvalue weighted by molar-refractivity contribution is 6.93. The fourth-order valence-electron chi connectivity index (χ4n) is 2.50. The van der Waals surface area contributed by atoms with Crippen molar-refractivity contribution in [1.82, 2.24) is 4.98 Å². The van der Waals surface area contributed by atoms with Gasteiger partial charge in [0, 0.05) is 6.04 Å². The Balaban J connectivity index is 3.13. The first kappa shape index (κ1) is 16.5. The molecule has 1 N–H and O–H groups in total. The van der Waals surface area contributed by atoms with Gasteiger partial charge in [-0.05, 0) is 31.2 Å². The van der Waals surface area contributed by atoms with Crippen LogP contribution in [0.1, 0.15) is 34.6 Å². The van der Waals surface area contributed by atoms with Crippen LogP contribution in [0.5, 0.6) is 0 Å². The maximum atomic E-state index is 6.55. The van der Waals surface area contributed by atoms with Crippen LogP contribution < -0.4 is 4.98 Å². The van der Waals surface area contributed by atoms with Crippen LogP contribution in [0.25, 0.3) is 0 Å². The van der Waals surface area contributed by atoms with Crippen molar-refractivity contribution in [3.05, 3.63) is 0 Å². The lowest BCUT2D eigenvalue weighted by Crippen LogP contribution is -2.73. The summed E-state index contributed by atoms with van der Waals surface area (Å²) >= 11 is 0. The van der Waals surface area contributed by atoms with Gasteiger partial charge in [0.1, 0.15) is 0 Å². The molecular formula is C11H29NO3Si3. The molecule has 0 aromatic rings. The van der Waals surface area contributed by atoms with Crippen LogP contribution in [0.4, 0.5) is 0 Å². The van der Waals surface area contributed by atoms with Crippen molar-refractivity contribution in [3.8, 4) is 0 Å². The lowest BCUT2D eigenvalue weighted by molar-refractivity contribution is 0.204. The second-order valence-electron chi connectivity index (χ2n) is 4.90. The van der Waals surface area contributed by atoms with Crippen molar-refractivity contribution in [2.24, 2.45) is 0 Å². The molecule has 1 heterocycles. The summed E-state index contributed by atoms with van der Waals surface area (Å²) in [4.78, 5) is 3.40. The Bertz CT molecular complexity index is 211. The molecule has 0 amide bonds. The molecule has 1 saturated heterocycles. The second-order valence-corrected chi connectivity index (χ2v) is 16.5. The topological polar surface area (TPSA) is 39.7 Å². The Labute approximate surface area is 115 Å². The molecular weight excluding hydrogens is 278 g/mol. The van der Waals surface area contributed by atoms with Gasteiger partial charge in [-0.15, -0.1) is 0 Å². The lowest BCUT2D eigenvalue weighted by Gasteiger charge is -2.52. The zero-order valence-electron chi connectivity index (χ0n) is 12.8. The normalized spacial score (nSPS) is 25.0. The van der Waals surface area contributed by atoms with E-state index in [4.69, 9.17) is 12.3 Å². The van der Waals surface area contributed by atoms with E-state index in [0.717, 1.165) is 30.2 Å². The van der Waals surface area contributed by atoms with Crippen LogP contribution in [0.2, 0.25) is 30.2 Å². The molecule has 0 unspecified atom stereocenters. The molecule has 0 bridgehead atoms. The molecule has 7 heteroatoms. The number of hydrogen-bond donors (Lipinski definition) is 1. The van der Waals surface area contributed by atoms with Gasteiger partial charge >= 0.3 is 25.8 Å². The summed E-state index contributed by atoms with van der Waals surface area (Å²) in [6.07, 6.45) is 0. The predicted octanol–water partition coefficient (Wildman–Crippen LogP) is 3.19. The monoisotopic (exact) mass is 307 g/mol. The minimum atomic E-state index is -2.24. The van der Waals surface area contributed by atoms with Gasteiger partial charge in [0.15, 0.2) is 0 Å². The first-order valence-electron chi connectivity index (χ1n) is 7.28. The Morgan fingerprint density at radius 1 is 0.667 bits per heavy atom. The summed E-state index contributed by atoms with van der Waals surface area (Å²) in [6, 6.07) is 5.06. The van der Waals surface area contributed by atoms with Crippen LogP contribution in [-0.4, -0.2) is 32.9 Å². The minimum Gasteiger partial charge on any atom is -0.415 e. The molecule has 1 aliphatic heterocycles. The van der Waals surface area contributed by atoms with Crippen molar-refractivity contribution in [3.63, 3.8) is 0 Å². The lowest BCUT2D eigenvalue weighted by atomic mass is 10.9. The van der Waals surface area contributed by atoms with E-state index in [0.29, 0.717) is 0 Å². The molecule has 108 valence electrons. The highest BCUT2D eigenvalue weighted by Gasteiger charge is 2.59. The van der Waals surface area contributed by atoms with Crippen molar-refractivity contribution >= 4 is 25.8 Å². The first-order valence-corrected chi connectivity index (χ1v) is 13.8. The Morgan fingerprint density at radius 3 is 1.28 bits per heavy atom. The SMILES string of the molecule is CC[Si]1(CC)O[Si](CC)(CC)O[Si](CC)(NC)O1. The first-order chi connectivity index (χ1) is 8.49. The van der Waals surface area contributed by atoms with Crippen LogP contribution in [0.3, 0.4) is 0 Å². The average Bonchev–Trinajstić information content (AvgIpc) is 2.46. The van der Waals surface area contributed by atoms with E-state index in [9.17, 15) is 0 Å². The van der Waals surface area contributed by atoms with Gasteiger partial charge in [0.25, 0.3) is 0 Å². The standard InChI is InChI=1S/C11H29NO3Si3/c1-7-16(8-2)13-17(9-3,10-4)15-18(11-5,12-6)14-16/h12H,7-11H2,1-6H3. The van der Waals surface area contributed by atoms with E-state index < -0.39 is 25.8 Å². The van der Waals surface area contributed by atoms with Crippen LogP contribution >= 0.6 is 0 Å². The second kappa shape index (κ2) is 6.29.